The van der Waals surface area contributed by atoms with Crippen LogP contribution in [-0.2, 0) is 13.8 Å². The molecule has 10 heteroatoms. The molecule has 3 aromatic carbocycles. The Morgan fingerprint density at radius 2 is 1.20 bits per heavy atom. The summed E-state index contributed by atoms with van der Waals surface area (Å²) in [7, 11) is 5.89. The largest absolute Gasteiger partial charge is 0.497 e. The zero-order valence-electron chi connectivity index (χ0n) is 26.6. The van der Waals surface area contributed by atoms with Crippen molar-refractivity contribution in [3.8, 4) is 17.6 Å². The number of hydrogen-bond donors (Lipinski definition) is 0. The van der Waals surface area contributed by atoms with Crippen LogP contribution in [0.1, 0.15) is 50.8 Å². The number of hydrogen-bond acceptors (Lipinski definition) is 9. The van der Waals surface area contributed by atoms with E-state index in [1.54, 1.807) is 14.2 Å². The minimum Gasteiger partial charge on any atom is -0.497 e. The predicted molar refractivity (Wildman–Crippen MR) is 191 cm³/mol. The second-order valence-electron chi connectivity index (χ2n) is 10.4. The van der Waals surface area contributed by atoms with Gasteiger partial charge in [0.05, 0.1) is 44.7 Å². The molecule has 0 aliphatic heterocycles. The Kier molecular flexibility index (Phi) is 16.3. The molecule has 0 fully saturated rings. The lowest BCUT2D eigenvalue weighted by Crippen LogP contribution is -2.33. The standard InChI is InChI=1S/C34H45N2O4PS3/c1-27(2)36(28(3)4)41(39-22-10-21-35)40-23-24-43-44-26-25-42-34(29-11-8-7-9-12-29,30-13-17-32(37-5)18-14-30)31-15-19-33(38-6)20-16-31/h7-9,11-20,27-28H,10,22-26H2,1-6H3. The minimum absolute atomic E-state index is 0.295. The molecule has 238 valence electrons. The minimum atomic E-state index is -1.20. The van der Waals surface area contributed by atoms with Crippen molar-refractivity contribution in [2.45, 2.75) is 50.9 Å². The molecule has 3 aromatic rings. The van der Waals surface area contributed by atoms with Crippen molar-refractivity contribution >= 4 is 41.9 Å². The molecular weight excluding hydrogens is 628 g/mol. The molecule has 3 rings (SSSR count). The Hall–Kier alpha value is -1.89. The van der Waals surface area contributed by atoms with Gasteiger partial charge in [-0.25, -0.2) is 4.67 Å². The van der Waals surface area contributed by atoms with Crippen molar-refractivity contribution in [3.05, 3.63) is 95.6 Å². The van der Waals surface area contributed by atoms with Crippen LogP contribution in [0.25, 0.3) is 0 Å². The highest BCUT2D eigenvalue weighted by Gasteiger charge is 2.37. The zero-order chi connectivity index (χ0) is 31.8. The summed E-state index contributed by atoms with van der Waals surface area (Å²) >= 11 is 1.95. The molecule has 0 aliphatic carbocycles. The number of ether oxygens (including phenoxy) is 2. The number of nitrogens with zero attached hydrogens (tertiary/aromatic N) is 2. The third-order valence-corrected chi connectivity index (χ3v) is 13.1. The lowest BCUT2D eigenvalue weighted by atomic mass is 9.84. The van der Waals surface area contributed by atoms with Crippen LogP contribution in [0.4, 0.5) is 0 Å². The summed E-state index contributed by atoms with van der Waals surface area (Å²) in [5.74, 6) is 4.47. The molecule has 1 atom stereocenters. The SMILES string of the molecule is COc1ccc(C(SCCSSCCOP(OCCC#N)N(C(C)C)C(C)C)(c2ccccc2)c2ccc(OC)cc2)cc1. The molecule has 0 heterocycles. The van der Waals surface area contributed by atoms with Crippen molar-refractivity contribution in [3.63, 3.8) is 0 Å². The van der Waals surface area contributed by atoms with Crippen LogP contribution in [0.5, 0.6) is 11.5 Å². The fourth-order valence-electron chi connectivity index (χ4n) is 4.88. The number of rotatable bonds is 20. The molecule has 0 aromatic heterocycles. The van der Waals surface area contributed by atoms with E-state index in [0.29, 0.717) is 31.7 Å². The highest BCUT2D eigenvalue weighted by atomic mass is 33.1. The van der Waals surface area contributed by atoms with Crippen LogP contribution in [0.2, 0.25) is 0 Å². The van der Waals surface area contributed by atoms with Gasteiger partial charge in [0.15, 0.2) is 0 Å². The van der Waals surface area contributed by atoms with Gasteiger partial charge in [0, 0.05) is 29.3 Å². The fourth-order valence-corrected chi connectivity index (χ4v) is 10.3. The van der Waals surface area contributed by atoms with Gasteiger partial charge in [0.25, 0.3) is 8.53 Å². The van der Waals surface area contributed by atoms with Crippen LogP contribution < -0.4 is 9.47 Å². The number of nitriles is 1. The predicted octanol–water partition coefficient (Wildman–Crippen LogP) is 9.40. The lowest BCUT2D eigenvalue weighted by molar-refractivity contribution is 0.182. The lowest BCUT2D eigenvalue weighted by Gasteiger charge is -2.35. The van der Waals surface area contributed by atoms with E-state index in [-0.39, 0.29) is 0 Å². The van der Waals surface area contributed by atoms with E-state index < -0.39 is 13.3 Å². The molecule has 0 amide bonds. The van der Waals surface area contributed by atoms with Crippen LogP contribution in [-0.4, -0.2) is 61.4 Å². The summed E-state index contributed by atoms with van der Waals surface area (Å²) in [5.41, 5.74) is 3.64. The van der Waals surface area contributed by atoms with Crippen LogP contribution >= 0.6 is 41.9 Å². The van der Waals surface area contributed by atoms with Gasteiger partial charge in [-0.15, -0.1) is 11.8 Å². The highest BCUT2D eigenvalue weighted by molar-refractivity contribution is 8.76. The Labute approximate surface area is 277 Å². The van der Waals surface area contributed by atoms with E-state index >= 15 is 0 Å². The number of benzene rings is 3. The van der Waals surface area contributed by atoms with Crippen molar-refractivity contribution in [2.75, 3.05) is 44.7 Å². The summed E-state index contributed by atoms with van der Waals surface area (Å²) in [5, 5.41) is 8.94. The molecule has 0 saturated carbocycles. The molecule has 0 bridgehead atoms. The molecule has 0 spiro atoms. The first-order valence-corrected chi connectivity index (χ1v) is 19.4. The van der Waals surface area contributed by atoms with Crippen molar-refractivity contribution < 1.29 is 18.5 Å². The molecule has 0 radical (unpaired) electrons. The van der Waals surface area contributed by atoms with Crippen molar-refractivity contribution in [1.29, 1.82) is 5.26 Å². The third kappa shape index (κ3) is 10.3. The summed E-state index contributed by atoms with van der Waals surface area (Å²) in [6.07, 6.45) is 0.367. The molecular formula is C34H45N2O4PS3. The summed E-state index contributed by atoms with van der Waals surface area (Å²) < 4.78 is 25.1. The van der Waals surface area contributed by atoms with E-state index in [1.165, 1.54) is 16.7 Å². The normalized spacial score (nSPS) is 12.5. The monoisotopic (exact) mass is 672 g/mol. The summed E-state index contributed by atoms with van der Waals surface area (Å²) in [6, 6.07) is 30.4. The summed E-state index contributed by atoms with van der Waals surface area (Å²) in [6.45, 7) is 9.61. The Morgan fingerprint density at radius 3 is 1.70 bits per heavy atom. The van der Waals surface area contributed by atoms with Gasteiger partial charge >= 0.3 is 0 Å². The van der Waals surface area contributed by atoms with Gasteiger partial charge in [-0.2, -0.15) is 5.26 Å². The maximum absolute atomic E-state index is 8.94. The maximum Gasteiger partial charge on any atom is 0.259 e. The van der Waals surface area contributed by atoms with Gasteiger partial charge in [-0.05, 0) is 68.7 Å². The van der Waals surface area contributed by atoms with Gasteiger partial charge in [-0.1, -0.05) is 76.2 Å². The first-order valence-electron chi connectivity index (χ1n) is 14.8. The smallest absolute Gasteiger partial charge is 0.259 e. The van der Waals surface area contributed by atoms with Gasteiger partial charge < -0.3 is 18.5 Å². The second kappa shape index (κ2) is 19.6. The van der Waals surface area contributed by atoms with Gasteiger partial charge in [0.1, 0.15) is 11.5 Å². The molecule has 44 heavy (non-hydrogen) atoms. The fraction of sp³-hybridized carbons (Fsp3) is 0.441. The van der Waals surface area contributed by atoms with Crippen molar-refractivity contribution in [1.82, 2.24) is 4.67 Å². The average Bonchev–Trinajstić information content (AvgIpc) is 3.04. The van der Waals surface area contributed by atoms with Gasteiger partial charge in [-0.3, -0.25) is 0 Å². The number of thioether (sulfide) groups is 1. The maximum atomic E-state index is 8.94. The quantitative estimate of drug-likeness (QED) is 0.0506. The van der Waals surface area contributed by atoms with E-state index in [4.69, 9.17) is 23.8 Å². The number of methoxy groups -OCH3 is 2. The topological polar surface area (TPSA) is 64.0 Å². The molecule has 6 nitrogen and oxygen atoms in total. The van der Waals surface area contributed by atoms with Crippen molar-refractivity contribution in [2.24, 2.45) is 0 Å². The first kappa shape index (κ1) is 36.6. The average molecular weight is 673 g/mol. The van der Waals surface area contributed by atoms with Gasteiger partial charge in [0.2, 0.25) is 0 Å². The van der Waals surface area contributed by atoms with E-state index in [2.05, 4.69) is 93.0 Å². The van der Waals surface area contributed by atoms with E-state index in [9.17, 15) is 0 Å². The Morgan fingerprint density at radius 1 is 0.705 bits per heavy atom. The van der Waals surface area contributed by atoms with E-state index in [0.717, 1.165) is 28.8 Å². The Bertz CT molecular complexity index is 1200. The second-order valence-corrected chi connectivity index (χ2v) is 15.8. The molecule has 0 aliphatic rings. The molecule has 1 unspecified atom stereocenters. The first-order chi connectivity index (χ1) is 21.4. The Balaban J connectivity index is 1.68. The van der Waals surface area contributed by atoms with Crippen LogP contribution in [0.3, 0.4) is 0 Å². The summed E-state index contributed by atoms with van der Waals surface area (Å²) in [4.78, 5) is 0. The third-order valence-electron chi connectivity index (χ3n) is 6.77. The van der Waals surface area contributed by atoms with Crippen LogP contribution in [0.15, 0.2) is 78.9 Å². The molecule has 0 saturated heterocycles. The van der Waals surface area contributed by atoms with Crippen LogP contribution in [0, 0.1) is 11.3 Å². The highest BCUT2D eigenvalue weighted by Crippen LogP contribution is 2.50. The molecule has 0 N–H and O–H groups in total. The zero-order valence-corrected chi connectivity index (χ0v) is 29.9. The van der Waals surface area contributed by atoms with E-state index in [1.807, 2.05) is 57.6 Å².